The largest absolute Gasteiger partial charge is 0.444 e. The minimum Gasteiger partial charge on any atom is -0.444 e. The first-order valence-corrected chi connectivity index (χ1v) is 8.54. The van der Waals surface area contributed by atoms with E-state index in [1.165, 1.54) is 0 Å². The lowest BCUT2D eigenvalue weighted by molar-refractivity contribution is 0.0210. The number of anilines is 1. The van der Waals surface area contributed by atoms with Gasteiger partial charge in [-0.05, 0) is 33.6 Å². The van der Waals surface area contributed by atoms with Gasteiger partial charge < -0.3 is 19.5 Å². The molecule has 1 N–H and O–H groups in total. The van der Waals surface area contributed by atoms with Gasteiger partial charge in [-0.1, -0.05) is 35.5 Å². The number of carbonyl (C=O) groups excluding carboxylic acids is 1. The molecule has 0 aliphatic carbocycles. The molecule has 0 saturated carbocycles. The van der Waals surface area contributed by atoms with Crippen molar-refractivity contribution in [1.82, 2.24) is 15.0 Å². The monoisotopic (exact) mass is 344 g/mol. The Labute approximate surface area is 147 Å². The zero-order chi connectivity index (χ0) is 17.9. The highest BCUT2D eigenvalue weighted by molar-refractivity contribution is 5.68. The Bertz CT molecular complexity index is 701. The molecule has 0 bridgehead atoms. The van der Waals surface area contributed by atoms with Crippen molar-refractivity contribution >= 4 is 12.1 Å². The third-order valence-corrected chi connectivity index (χ3v) is 3.93. The van der Waals surface area contributed by atoms with E-state index in [1.807, 2.05) is 51.1 Å². The molecule has 0 unspecified atom stereocenters. The van der Waals surface area contributed by atoms with E-state index in [2.05, 4.69) is 15.5 Å². The number of aromatic nitrogens is 2. The van der Waals surface area contributed by atoms with Crippen molar-refractivity contribution in [3.8, 4) is 11.4 Å². The second-order valence-corrected chi connectivity index (χ2v) is 7.18. The van der Waals surface area contributed by atoms with Crippen molar-refractivity contribution in [3.05, 3.63) is 30.3 Å². The molecule has 0 spiro atoms. The Morgan fingerprint density at radius 3 is 2.56 bits per heavy atom. The molecule has 1 saturated heterocycles. The highest BCUT2D eigenvalue weighted by Gasteiger charge is 2.27. The van der Waals surface area contributed by atoms with Crippen LogP contribution in [0.2, 0.25) is 0 Å². The molecular weight excluding hydrogens is 320 g/mol. The fraction of sp³-hybridized carbons (Fsp3) is 0.500. The van der Waals surface area contributed by atoms with Crippen LogP contribution in [0.4, 0.5) is 10.8 Å². The summed E-state index contributed by atoms with van der Waals surface area (Å²) < 4.78 is 10.7. The van der Waals surface area contributed by atoms with E-state index in [1.54, 1.807) is 4.90 Å². The van der Waals surface area contributed by atoms with Crippen LogP contribution in [0, 0.1) is 0 Å². The summed E-state index contributed by atoms with van der Waals surface area (Å²) in [4.78, 5) is 18.2. The smallest absolute Gasteiger partial charge is 0.410 e. The molecule has 0 radical (unpaired) electrons. The average molecular weight is 344 g/mol. The van der Waals surface area contributed by atoms with Gasteiger partial charge in [0.15, 0.2) is 0 Å². The zero-order valence-electron chi connectivity index (χ0n) is 14.9. The minimum absolute atomic E-state index is 0.197. The molecule has 134 valence electrons. The predicted octanol–water partition coefficient (Wildman–Crippen LogP) is 3.55. The highest BCUT2D eigenvalue weighted by Crippen LogP contribution is 2.21. The summed E-state index contributed by atoms with van der Waals surface area (Å²) in [5.41, 5.74) is 0.447. The summed E-state index contributed by atoms with van der Waals surface area (Å²) in [6.07, 6.45) is 1.36. The number of carbonyl (C=O) groups is 1. The molecule has 0 atom stereocenters. The number of nitrogens with one attached hydrogen (secondary N) is 1. The first-order chi connectivity index (χ1) is 11.9. The van der Waals surface area contributed by atoms with Crippen LogP contribution in [0.5, 0.6) is 0 Å². The van der Waals surface area contributed by atoms with Gasteiger partial charge >= 0.3 is 12.1 Å². The molecule has 1 aromatic heterocycles. The summed E-state index contributed by atoms with van der Waals surface area (Å²) in [7, 11) is 0. The number of hydrogen-bond donors (Lipinski definition) is 1. The Hall–Kier alpha value is -2.57. The van der Waals surface area contributed by atoms with Crippen LogP contribution in [0.15, 0.2) is 34.9 Å². The van der Waals surface area contributed by atoms with Gasteiger partial charge in [-0.3, -0.25) is 0 Å². The zero-order valence-corrected chi connectivity index (χ0v) is 14.9. The van der Waals surface area contributed by atoms with E-state index in [4.69, 9.17) is 9.26 Å². The van der Waals surface area contributed by atoms with Crippen molar-refractivity contribution in [2.24, 2.45) is 0 Å². The summed E-state index contributed by atoms with van der Waals surface area (Å²) in [5, 5.41) is 7.26. The fourth-order valence-electron chi connectivity index (χ4n) is 2.69. The Morgan fingerprint density at radius 2 is 1.92 bits per heavy atom. The average Bonchev–Trinajstić information content (AvgIpc) is 3.03. The molecule has 2 aromatic rings. The highest BCUT2D eigenvalue weighted by atomic mass is 16.6. The van der Waals surface area contributed by atoms with Crippen molar-refractivity contribution < 1.29 is 14.1 Å². The minimum atomic E-state index is -0.468. The number of likely N-dealkylation sites (tertiary alicyclic amines) is 1. The second-order valence-electron chi connectivity index (χ2n) is 7.18. The molecule has 1 amide bonds. The number of amides is 1. The molecule has 7 heteroatoms. The van der Waals surface area contributed by atoms with E-state index in [-0.39, 0.29) is 12.1 Å². The number of nitrogens with zero attached hydrogens (tertiary/aromatic N) is 3. The van der Waals surface area contributed by atoms with Gasteiger partial charge in [-0.2, -0.15) is 4.98 Å². The maximum atomic E-state index is 12.1. The van der Waals surface area contributed by atoms with Crippen LogP contribution in [-0.2, 0) is 4.74 Å². The Balaban J connectivity index is 1.51. The maximum Gasteiger partial charge on any atom is 0.410 e. The SMILES string of the molecule is CC(C)(C)OC(=O)N1CCC(Nc2nc(-c3ccccc3)no2)CC1. The third kappa shape index (κ3) is 4.71. The molecule has 1 aromatic carbocycles. The Kier molecular flexibility index (Phi) is 4.92. The van der Waals surface area contributed by atoms with E-state index in [0.717, 1.165) is 18.4 Å². The van der Waals surface area contributed by atoms with E-state index in [0.29, 0.717) is 24.9 Å². The Morgan fingerprint density at radius 1 is 1.24 bits per heavy atom. The standard InChI is InChI=1S/C18H24N4O3/c1-18(2,3)24-17(23)22-11-9-14(10-12-22)19-16-20-15(21-25-16)13-7-5-4-6-8-13/h4-8,14H,9-12H2,1-3H3,(H,19,20,21). The van der Waals surface area contributed by atoms with Gasteiger partial charge in [0.25, 0.3) is 0 Å². The maximum absolute atomic E-state index is 12.1. The van der Waals surface area contributed by atoms with Crippen LogP contribution in [0.25, 0.3) is 11.4 Å². The molecule has 1 aliphatic heterocycles. The van der Waals surface area contributed by atoms with Crippen LogP contribution in [0.3, 0.4) is 0 Å². The first kappa shape index (κ1) is 17.3. The van der Waals surface area contributed by atoms with Crippen molar-refractivity contribution in [3.63, 3.8) is 0 Å². The summed E-state index contributed by atoms with van der Waals surface area (Å²) in [5.74, 6) is 0.564. The van der Waals surface area contributed by atoms with Gasteiger partial charge in [-0.25, -0.2) is 4.79 Å². The molecule has 1 fully saturated rings. The van der Waals surface area contributed by atoms with Crippen molar-refractivity contribution in [2.45, 2.75) is 45.3 Å². The third-order valence-electron chi connectivity index (χ3n) is 3.93. The molecule has 2 heterocycles. The van der Waals surface area contributed by atoms with Gasteiger partial charge in [0, 0.05) is 24.7 Å². The predicted molar refractivity (Wildman–Crippen MR) is 94.2 cm³/mol. The van der Waals surface area contributed by atoms with Gasteiger partial charge in [0.2, 0.25) is 5.82 Å². The van der Waals surface area contributed by atoms with Crippen LogP contribution >= 0.6 is 0 Å². The number of ether oxygens (including phenoxy) is 1. The molecule has 3 rings (SSSR count). The summed E-state index contributed by atoms with van der Waals surface area (Å²) >= 11 is 0. The lowest BCUT2D eigenvalue weighted by atomic mass is 10.1. The van der Waals surface area contributed by atoms with E-state index in [9.17, 15) is 4.79 Å². The van der Waals surface area contributed by atoms with Gasteiger partial charge in [0.05, 0.1) is 0 Å². The normalized spacial score (nSPS) is 15.9. The summed E-state index contributed by atoms with van der Waals surface area (Å²) in [6.45, 7) is 6.91. The fourth-order valence-corrected chi connectivity index (χ4v) is 2.69. The molecule has 7 nitrogen and oxygen atoms in total. The van der Waals surface area contributed by atoms with Crippen molar-refractivity contribution in [1.29, 1.82) is 0 Å². The van der Waals surface area contributed by atoms with Crippen LogP contribution in [0.1, 0.15) is 33.6 Å². The van der Waals surface area contributed by atoms with Gasteiger partial charge in [-0.15, -0.1) is 0 Å². The van der Waals surface area contributed by atoms with Crippen molar-refractivity contribution in [2.75, 3.05) is 18.4 Å². The van der Waals surface area contributed by atoms with E-state index < -0.39 is 5.60 Å². The topological polar surface area (TPSA) is 80.5 Å². The molecular formula is C18H24N4O3. The second kappa shape index (κ2) is 7.13. The number of piperidine rings is 1. The number of hydrogen-bond acceptors (Lipinski definition) is 6. The summed E-state index contributed by atoms with van der Waals surface area (Å²) in [6, 6.07) is 10.3. The number of rotatable bonds is 3. The molecule has 1 aliphatic rings. The van der Waals surface area contributed by atoms with Gasteiger partial charge in [0.1, 0.15) is 5.60 Å². The lowest BCUT2D eigenvalue weighted by Gasteiger charge is -2.33. The lowest BCUT2D eigenvalue weighted by Crippen LogP contribution is -2.44. The molecule has 25 heavy (non-hydrogen) atoms. The quantitative estimate of drug-likeness (QED) is 0.917. The van der Waals surface area contributed by atoms with Crippen LogP contribution in [-0.4, -0.2) is 45.9 Å². The van der Waals surface area contributed by atoms with Crippen LogP contribution < -0.4 is 5.32 Å². The van der Waals surface area contributed by atoms with E-state index >= 15 is 0 Å². The number of benzene rings is 1. The first-order valence-electron chi connectivity index (χ1n) is 8.54.